The van der Waals surface area contributed by atoms with E-state index in [-0.39, 0.29) is 12.4 Å². The molecular weight excluding hydrogens is 524 g/mol. The van der Waals surface area contributed by atoms with Crippen LogP contribution in [0.2, 0.25) is 5.02 Å². The highest BCUT2D eigenvalue weighted by atomic mass is 79.9. The van der Waals surface area contributed by atoms with Crippen molar-refractivity contribution in [2.45, 2.75) is 13.3 Å². The Balaban J connectivity index is 1.60. The second kappa shape index (κ2) is 12.8. The number of hydrogen-bond acceptors (Lipinski definition) is 6. The van der Waals surface area contributed by atoms with Gasteiger partial charge in [0.2, 0.25) is 0 Å². The van der Waals surface area contributed by atoms with E-state index in [1.165, 1.54) is 6.21 Å². The maximum atomic E-state index is 12.6. The second-order valence-electron chi connectivity index (χ2n) is 6.96. The molecule has 1 amide bonds. The maximum Gasteiger partial charge on any atom is 0.343 e. The summed E-state index contributed by atoms with van der Waals surface area (Å²) in [7, 11) is 0. The van der Waals surface area contributed by atoms with E-state index >= 15 is 0 Å². The third kappa shape index (κ3) is 7.60. The van der Waals surface area contributed by atoms with Gasteiger partial charge >= 0.3 is 5.97 Å². The van der Waals surface area contributed by atoms with Crippen molar-refractivity contribution >= 4 is 45.6 Å². The molecular formula is C25H22BrClN2O5. The van der Waals surface area contributed by atoms with Gasteiger partial charge in [-0.2, -0.15) is 5.10 Å². The fourth-order valence-corrected chi connectivity index (χ4v) is 3.26. The van der Waals surface area contributed by atoms with E-state index in [1.54, 1.807) is 66.7 Å². The first-order chi connectivity index (χ1) is 16.5. The Morgan fingerprint density at radius 2 is 1.79 bits per heavy atom. The summed E-state index contributed by atoms with van der Waals surface area (Å²) < 4.78 is 17.2. The summed E-state index contributed by atoms with van der Waals surface area (Å²) in [4.78, 5) is 24.6. The Morgan fingerprint density at radius 3 is 2.53 bits per heavy atom. The molecule has 3 rings (SSSR count). The number of nitrogens with zero attached hydrogens (tertiary/aromatic N) is 1. The van der Waals surface area contributed by atoms with Gasteiger partial charge in [-0.25, -0.2) is 10.2 Å². The van der Waals surface area contributed by atoms with Crippen molar-refractivity contribution in [3.63, 3.8) is 0 Å². The minimum absolute atomic E-state index is 0.265. The Hall–Kier alpha value is -3.36. The number of ether oxygens (including phenoxy) is 3. The SMILES string of the molecule is CCCOc1ccc(C(=O)Oc2ccc(Br)cc2/C=N\NC(=O)COc2ccccc2Cl)cc1. The monoisotopic (exact) mass is 544 g/mol. The fraction of sp³-hybridized carbons (Fsp3) is 0.160. The fourth-order valence-electron chi connectivity index (χ4n) is 2.69. The number of nitrogens with one attached hydrogen (secondary N) is 1. The van der Waals surface area contributed by atoms with Crippen molar-refractivity contribution in [3.05, 3.63) is 87.4 Å². The minimum Gasteiger partial charge on any atom is -0.494 e. The predicted molar refractivity (Wildman–Crippen MR) is 134 cm³/mol. The van der Waals surface area contributed by atoms with Gasteiger partial charge in [-0.1, -0.05) is 46.6 Å². The normalized spacial score (nSPS) is 10.7. The van der Waals surface area contributed by atoms with Gasteiger partial charge in [0.25, 0.3) is 5.91 Å². The summed E-state index contributed by atoms with van der Waals surface area (Å²) >= 11 is 9.38. The molecule has 0 atom stereocenters. The molecule has 0 fully saturated rings. The molecule has 0 aliphatic carbocycles. The van der Waals surface area contributed by atoms with Crippen LogP contribution in [0.3, 0.4) is 0 Å². The quantitative estimate of drug-likeness (QED) is 0.154. The van der Waals surface area contributed by atoms with E-state index in [4.69, 9.17) is 25.8 Å². The molecule has 0 radical (unpaired) electrons. The first-order valence-electron chi connectivity index (χ1n) is 10.4. The Bertz CT molecular complexity index is 1170. The van der Waals surface area contributed by atoms with E-state index in [0.717, 1.165) is 10.9 Å². The van der Waals surface area contributed by atoms with Gasteiger partial charge in [0.15, 0.2) is 6.61 Å². The van der Waals surface area contributed by atoms with Gasteiger partial charge in [0.1, 0.15) is 17.2 Å². The third-order valence-corrected chi connectivity index (χ3v) is 5.13. The summed E-state index contributed by atoms with van der Waals surface area (Å²) in [5, 5.41) is 4.34. The molecule has 0 saturated carbocycles. The molecule has 0 aliphatic rings. The van der Waals surface area contributed by atoms with Crippen LogP contribution in [0.4, 0.5) is 0 Å². The van der Waals surface area contributed by atoms with Crippen LogP contribution >= 0.6 is 27.5 Å². The van der Waals surface area contributed by atoms with Crippen molar-refractivity contribution in [1.82, 2.24) is 5.43 Å². The summed E-state index contributed by atoms with van der Waals surface area (Å²) in [6.07, 6.45) is 2.27. The molecule has 7 nitrogen and oxygen atoms in total. The Kier molecular flexibility index (Phi) is 9.49. The summed E-state index contributed by atoms with van der Waals surface area (Å²) in [5.41, 5.74) is 3.23. The zero-order chi connectivity index (χ0) is 24.3. The number of carbonyl (C=O) groups is 2. The summed E-state index contributed by atoms with van der Waals surface area (Å²) in [6, 6.07) is 18.6. The topological polar surface area (TPSA) is 86.2 Å². The molecule has 34 heavy (non-hydrogen) atoms. The smallest absolute Gasteiger partial charge is 0.343 e. The molecule has 0 saturated heterocycles. The van der Waals surface area contributed by atoms with Crippen LogP contribution in [0, 0.1) is 0 Å². The number of hydrazone groups is 1. The lowest BCUT2D eigenvalue weighted by Gasteiger charge is -2.09. The highest BCUT2D eigenvalue weighted by Crippen LogP contribution is 2.24. The average molecular weight is 546 g/mol. The van der Waals surface area contributed by atoms with Crippen LogP contribution in [0.15, 0.2) is 76.3 Å². The van der Waals surface area contributed by atoms with E-state index in [1.807, 2.05) is 6.92 Å². The average Bonchev–Trinajstić information content (AvgIpc) is 2.84. The third-order valence-electron chi connectivity index (χ3n) is 4.33. The maximum absolute atomic E-state index is 12.6. The van der Waals surface area contributed by atoms with Crippen LogP contribution < -0.4 is 19.6 Å². The van der Waals surface area contributed by atoms with E-state index in [9.17, 15) is 9.59 Å². The lowest BCUT2D eigenvalue weighted by atomic mass is 10.2. The second-order valence-corrected chi connectivity index (χ2v) is 8.28. The van der Waals surface area contributed by atoms with Crippen LogP contribution in [0.1, 0.15) is 29.3 Å². The van der Waals surface area contributed by atoms with Gasteiger partial charge in [-0.05, 0) is 61.0 Å². The molecule has 3 aromatic carbocycles. The van der Waals surface area contributed by atoms with Crippen molar-refractivity contribution in [3.8, 4) is 17.2 Å². The lowest BCUT2D eigenvalue weighted by molar-refractivity contribution is -0.123. The van der Waals surface area contributed by atoms with E-state index < -0.39 is 11.9 Å². The van der Waals surface area contributed by atoms with Crippen LogP contribution in [0.5, 0.6) is 17.2 Å². The first-order valence-corrected chi connectivity index (χ1v) is 11.6. The van der Waals surface area contributed by atoms with Gasteiger partial charge in [-0.15, -0.1) is 0 Å². The number of amides is 1. The highest BCUT2D eigenvalue weighted by molar-refractivity contribution is 9.10. The Morgan fingerprint density at radius 1 is 1.03 bits per heavy atom. The molecule has 3 aromatic rings. The highest BCUT2D eigenvalue weighted by Gasteiger charge is 2.12. The minimum atomic E-state index is -0.531. The van der Waals surface area contributed by atoms with Gasteiger partial charge < -0.3 is 14.2 Å². The summed E-state index contributed by atoms with van der Waals surface area (Å²) in [5.74, 6) is 0.356. The van der Waals surface area contributed by atoms with Crippen molar-refractivity contribution in [2.24, 2.45) is 5.10 Å². The Labute approximate surface area is 210 Å². The number of hydrogen-bond donors (Lipinski definition) is 1. The van der Waals surface area contributed by atoms with E-state index in [0.29, 0.717) is 34.3 Å². The van der Waals surface area contributed by atoms with Crippen molar-refractivity contribution in [2.75, 3.05) is 13.2 Å². The zero-order valence-corrected chi connectivity index (χ0v) is 20.6. The van der Waals surface area contributed by atoms with Crippen molar-refractivity contribution in [1.29, 1.82) is 0 Å². The van der Waals surface area contributed by atoms with Gasteiger partial charge in [0, 0.05) is 10.0 Å². The molecule has 0 spiro atoms. The van der Waals surface area contributed by atoms with Gasteiger partial charge in [-0.3, -0.25) is 4.79 Å². The van der Waals surface area contributed by atoms with Crippen LogP contribution in [0.25, 0.3) is 0 Å². The number of carbonyl (C=O) groups excluding carboxylic acids is 2. The number of benzene rings is 3. The molecule has 0 heterocycles. The van der Waals surface area contributed by atoms with Gasteiger partial charge in [0.05, 0.1) is 23.4 Å². The largest absolute Gasteiger partial charge is 0.494 e. The summed E-state index contributed by atoms with van der Waals surface area (Å²) in [6.45, 7) is 2.36. The zero-order valence-electron chi connectivity index (χ0n) is 18.3. The predicted octanol–water partition coefficient (Wildman–Crippen LogP) is 5.64. The standard InChI is InChI=1S/C25H22BrClN2O5/c1-2-13-32-20-10-7-17(8-11-20)25(31)34-22-12-9-19(26)14-18(22)15-28-29-24(30)16-33-23-6-4-3-5-21(23)27/h3-12,14-15H,2,13,16H2,1H3,(H,29,30)/b28-15-. The molecule has 0 unspecified atom stereocenters. The number of para-hydroxylation sites is 1. The molecule has 9 heteroatoms. The number of rotatable bonds is 10. The van der Waals surface area contributed by atoms with Crippen LogP contribution in [-0.2, 0) is 4.79 Å². The molecule has 176 valence electrons. The molecule has 0 aliphatic heterocycles. The first kappa shape index (κ1) is 25.3. The molecule has 1 N–H and O–H groups in total. The lowest BCUT2D eigenvalue weighted by Crippen LogP contribution is -2.24. The molecule has 0 bridgehead atoms. The van der Waals surface area contributed by atoms with Crippen LogP contribution in [-0.4, -0.2) is 31.3 Å². The van der Waals surface area contributed by atoms with Crippen molar-refractivity contribution < 1.29 is 23.8 Å². The molecule has 0 aromatic heterocycles. The van der Waals surface area contributed by atoms with E-state index in [2.05, 4.69) is 26.5 Å². The number of halogens is 2. The number of esters is 1.